The molecule has 0 aliphatic heterocycles. The van der Waals surface area contributed by atoms with Crippen LogP contribution in [0.15, 0.2) is 78.6 Å². The Kier molecular flexibility index (Phi) is 7.62. The highest BCUT2D eigenvalue weighted by atomic mass is 19.2. The van der Waals surface area contributed by atoms with Gasteiger partial charge in [0.1, 0.15) is 5.76 Å². The molecule has 0 fully saturated rings. The van der Waals surface area contributed by atoms with Crippen LogP contribution in [0.3, 0.4) is 0 Å². The molecule has 0 saturated carbocycles. The minimum Gasteiger partial charge on any atom is -0.505 e. The van der Waals surface area contributed by atoms with E-state index in [2.05, 4.69) is 9.31 Å². The van der Waals surface area contributed by atoms with Crippen LogP contribution in [-0.4, -0.2) is 26.5 Å². The van der Waals surface area contributed by atoms with E-state index in [-0.39, 0.29) is 11.1 Å². The van der Waals surface area contributed by atoms with E-state index in [0.717, 1.165) is 0 Å². The number of hydrogen-bond donors (Lipinski definition) is 0. The quantitative estimate of drug-likeness (QED) is 0.211. The summed E-state index contributed by atoms with van der Waals surface area (Å²) in [4.78, 5) is 24.5. The van der Waals surface area contributed by atoms with Gasteiger partial charge in [-0.25, -0.2) is 17.3 Å². The second kappa shape index (κ2) is 10.1. The summed E-state index contributed by atoms with van der Waals surface area (Å²) >= 11 is 0. The van der Waals surface area contributed by atoms with Crippen molar-refractivity contribution in [1.82, 2.24) is 0 Å². The van der Waals surface area contributed by atoms with E-state index in [1.165, 1.54) is 36.4 Å². The van der Waals surface area contributed by atoms with Crippen molar-refractivity contribution in [2.24, 2.45) is 0 Å². The third kappa shape index (κ3) is 6.46. The van der Waals surface area contributed by atoms with Crippen molar-refractivity contribution >= 4 is 32.3 Å². The van der Waals surface area contributed by atoms with Crippen molar-refractivity contribution in [3.8, 4) is 0 Å². The maximum Gasteiger partial charge on any atom is 0.796 e. The van der Waals surface area contributed by atoms with E-state index in [0.29, 0.717) is 12.2 Å². The van der Waals surface area contributed by atoms with Gasteiger partial charge in [0.2, 0.25) is 5.78 Å². The zero-order valence-electron chi connectivity index (χ0n) is 14.2. The third-order valence-corrected chi connectivity index (χ3v) is 3.32. The minimum absolute atomic E-state index is 0.113. The number of carbonyl (C=O) groups is 2. The first kappa shape index (κ1) is 21.0. The fourth-order valence-electron chi connectivity index (χ4n) is 2.14. The lowest BCUT2D eigenvalue weighted by molar-refractivity contribution is -0.113. The Bertz CT molecular complexity index is 872. The molecule has 0 heterocycles. The van der Waals surface area contributed by atoms with Gasteiger partial charge in [-0.15, -0.1) is 0 Å². The van der Waals surface area contributed by atoms with Crippen LogP contribution in [0.2, 0.25) is 0 Å². The molecule has 0 bridgehead atoms. The van der Waals surface area contributed by atoms with Crippen LogP contribution in [0.5, 0.6) is 0 Å². The fourth-order valence-corrected chi connectivity index (χ4v) is 2.14. The Morgan fingerprint density at radius 2 is 1.21 bits per heavy atom. The van der Waals surface area contributed by atoms with E-state index in [4.69, 9.17) is 0 Å². The van der Waals surface area contributed by atoms with Crippen molar-refractivity contribution in [2.45, 2.75) is 0 Å². The van der Waals surface area contributed by atoms with Gasteiger partial charge < -0.3 is 9.31 Å². The maximum atomic E-state index is 12.7. The number of rotatable bonds is 9. The van der Waals surface area contributed by atoms with Crippen LogP contribution < -0.4 is 0 Å². The number of carbonyl (C=O) groups excluding carboxylic acids is 2. The summed E-state index contributed by atoms with van der Waals surface area (Å²) in [5, 5.41) is 0. The number of halogens is 4. The number of ketones is 2. The van der Waals surface area contributed by atoms with Gasteiger partial charge >= 0.3 is 14.9 Å². The Hall–Kier alpha value is -3.29. The SMILES string of the molecule is O=C(/C=C(\OB(F)F)c1ccccc1)/C(=C/C(=O)c1ccccc1)OB(F)F. The highest BCUT2D eigenvalue weighted by Gasteiger charge is 2.26. The Morgan fingerprint density at radius 3 is 1.71 bits per heavy atom. The van der Waals surface area contributed by atoms with E-state index in [9.17, 15) is 26.9 Å². The van der Waals surface area contributed by atoms with Gasteiger partial charge in [0.15, 0.2) is 11.5 Å². The van der Waals surface area contributed by atoms with E-state index in [1.807, 2.05) is 0 Å². The summed E-state index contributed by atoms with van der Waals surface area (Å²) < 4.78 is 59.1. The molecule has 0 aliphatic rings. The normalized spacial score (nSPS) is 11.6. The fraction of sp³-hybridized carbons (Fsp3) is 0. The maximum absolute atomic E-state index is 12.7. The number of benzene rings is 2. The molecule has 0 aliphatic carbocycles. The second-order valence-corrected chi connectivity index (χ2v) is 5.23. The molecule has 0 saturated heterocycles. The lowest BCUT2D eigenvalue weighted by atomic mass is 10.1. The molecule has 2 aromatic rings. The van der Waals surface area contributed by atoms with Gasteiger partial charge in [-0.1, -0.05) is 60.7 Å². The Balaban J connectivity index is 2.38. The van der Waals surface area contributed by atoms with Crippen LogP contribution >= 0.6 is 0 Å². The average molecular weight is 390 g/mol. The topological polar surface area (TPSA) is 52.6 Å². The van der Waals surface area contributed by atoms with Gasteiger partial charge in [-0.3, -0.25) is 9.59 Å². The van der Waals surface area contributed by atoms with Gasteiger partial charge in [-0.2, -0.15) is 0 Å². The molecule has 28 heavy (non-hydrogen) atoms. The van der Waals surface area contributed by atoms with Gasteiger partial charge in [0.25, 0.3) is 0 Å². The predicted molar refractivity (Wildman–Crippen MR) is 96.4 cm³/mol. The third-order valence-electron chi connectivity index (χ3n) is 3.32. The van der Waals surface area contributed by atoms with Crippen LogP contribution in [0.1, 0.15) is 15.9 Å². The molecule has 0 atom stereocenters. The molecule has 142 valence electrons. The summed E-state index contributed by atoms with van der Waals surface area (Å²) in [5.41, 5.74) is 0.240. The molecule has 0 amide bonds. The molecule has 0 aromatic heterocycles. The highest BCUT2D eigenvalue weighted by Crippen LogP contribution is 2.19. The van der Waals surface area contributed by atoms with Crippen molar-refractivity contribution < 1.29 is 36.2 Å². The van der Waals surface area contributed by atoms with Crippen molar-refractivity contribution in [3.63, 3.8) is 0 Å². The molecular weight excluding hydrogens is 378 g/mol. The Morgan fingerprint density at radius 1 is 0.714 bits per heavy atom. The lowest BCUT2D eigenvalue weighted by Gasteiger charge is -2.10. The zero-order chi connectivity index (χ0) is 20.5. The largest absolute Gasteiger partial charge is 0.796 e. The highest BCUT2D eigenvalue weighted by molar-refractivity contribution is 6.37. The molecule has 10 heteroatoms. The molecule has 2 aromatic carbocycles. The van der Waals surface area contributed by atoms with E-state index < -0.39 is 38.0 Å². The van der Waals surface area contributed by atoms with Crippen molar-refractivity contribution in [2.75, 3.05) is 0 Å². The summed E-state index contributed by atoms with van der Waals surface area (Å²) in [5.74, 6) is -3.56. The molecule has 2 rings (SSSR count). The minimum atomic E-state index is -3.40. The van der Waals surface area contributed by atoms with Crippen LogP contribution in [0.25, 0.3) is 5.76 Å². The smallest absolute Gasteiger partial charge is 0.505 e. The zero-order valence-corrected chi connectivity index (χ0v) is 14.2. The monoisotopic (exact) mass is 390 g/mol. The Labute approximate surface area is 158 Å². The van der Waals surface area contributed by atoms with Crippen molar-refractivity contribution in [1.29, 1.82) is 0 Å². The first-order valence-corrected chi connectivity index (χ1v) is 7.89. The van der Waals surface area contributed by atoms with E-state index >= 15 is 0 Å². The lowest BCUT2D eigenvalue weighted by Crippen LogP contribution is -2.14. The summed E-state index contributed by atoms with van der Waals surface area (Å²) in [6, 6.07) is 14.9. The summed E-state index contributed by atoms with van der Waals surface area (Å²) in [6.45, 7) is 0. The predicted octanol–water partition coefficient (Wildman–Crippen LogP) is 4.24. The van der Waals surface area contributed by atoms with E-state index in [1.54, 1.807) is 24.3 Å². The molecule has 0 N–H and O–H groups in total. The summed E-state index contributed by atoms with van der Waals surface area (Å²) in [6.07, 6.45) is 1.14. The standard InChI is InChI=1S/C18H12B2F4O4/c21-19(22)27-17(14-9-5-2-6-10-14)12-16(26)18(28-20(23)24)11-15(25)13-7-3-1-4-8-13/h1-12H/b17-12-,18-11-. The first-order valence-electron chi connectivity index (χ1n) is 7.89. The molecule has 0 unspecified atom stereocenters. The first-order chi connectivity index (χ1) is 13.4. The van der Waals surface area contributed by atoms with Gasteiger partial charge in [-0.05, 0) is 0 Å². The molecule has 0 spiro atoms. The summed E-state index contributed by atoms with van der Waals surface area (Å²) in [7, 11) is -6.66. The average Bonchev–Trinajstić information content (AvgIpc) is 2.67. The second-order valence-electron chi connectivity index (χ2n) is 5.23. The van der Waals surface area contributed by atoms with Crippen molar-refractivity contribution in [3.05, 3.63) is 89.7 Å². The van der Waals surface area contributed by atoms with Crippen LogP contribution in [-0.2, 0) is 14.1 Å². The molecular formula is C18H12B2F4O4. The van der Waals surface area contributed by atoms with Gasteiger partial charge in [0, 0.05) is 23.3 Å². The molecule has 4 nitrogen and oxygen atoms in total. The number of allylic oxidation sites excluding steroid dienone is 2. The number of hydrogen-bond acceptors (Lipinski definition) is 4. The molecule has 0 radical (unpaired) electrons. The van der Waals surface area contributed by atoms with Gasteiger partial charge in [0.05, 0.1) is 0 Å². The van der Waals surface area contributed by atoms with Crippen LogP contribution in [0, 0.1) is 0 Å². The van der Waals surface area contributed by atoms with Crippen LogP contribution in [0.4, 0.5) is 17.3 Å².